The van der Waals surface area contributed by atoms with Gasteiger partial charge in [-0.05, 0) is 25.0 Å². The minimum absolute atomic E-state index is 0.0639. The van der Waals surface area contributed by atoms with Crippen LogP contribution in [0.4, 0.5) is 0 Å². The Kier molecular flexibility index (Phi) is 7.77. The summed E-state index contributed by atoms with van der Waals surface area (Å²) in [6.07, 6.45) is 1.72. The molecule has 1 saturated heterocycles. The summed E-state index contributed by atoms with van der Waals surface area (Å²) in [7, 11) is 1.62. The summed E-state index contributed by atoms with van der Waals surface area (Å²) in [5.41, 5.74) is 4.81. The number of amidine groups is 1. The first-order chi connectivity index (χ1) is 17.0. The Morgan fingerprint density at radius 1 is 1.09 bits per heavy atom. The van der Waals surface area contributed by atoms with Crippen molar-refractivity contribution in [1.29, 1.82) is 0 Å². The minimum atomic E-state index is -0.565. The normalized spacial score (nSPS) is 17.0. The second-order valence-electron chi connectivity index (χ2n) is 8.20. The van der Waals surface area contributed by atoms with E-state index in [0.29, 0.717) is 18.3 Å². The first kappa shape index (κ1) is 24.4. The van der Waals surface area contributed by atoms with Gasteiger partial charge in [-0.2, -0.15) is 15.2 Å². The van der Waals surface area contributed by atoms with E-state index >= 15 is 0 Å². The zero-order valence-corrected chi connectivity index (χ0v) is 20.8. The molecular weight excluding hydrogens is 460 g/mol. The van der Waals surface area contributed by atoms with Gasteiger partial charge in [0.15, 0.2) is 5.17 Å². The Morgan fingerprint density at radius 3 is 2.40 bits per heavy atom. The van der Waals surface area contributed by atoms with Crippen LogP contribution >= 0.6 is 11.8 Å². The third kappa shape index (κ3) is 5.86. The Balaban J connectivity index is 1.42. The smallest absolute Gasteiger partial charge is 0.263 e. The van der Waals surface area contributed by atoms with E-state index in [-0.39, 0.29) is 18.2 Å². The van der Waals surface area contributed by atoms with Crippen molar-refractivity contribution in [2.45, 2.75) is 38.6 Å². The van der Waals surface area contributed by atoms with Crippen LogP contribution in [0.3, 0.4) is 0 Å². The summed E-state index contributed by atoms with van der Waals surface area (Å²) in [6.45, 7) is 4.99. The van der Waals surface area contributed by atoms with Gasteiger partial charge in [0, 0.05) is 31.3 Å². The third-order valence-corrected chi connectivity index (χ3v) is 6.94. The molecule has 0 saturated carbocycles. The predicted octanol–water partition coefficient (Wildman–Crippen LogP) is 3.52. The maximum absolute atomic E-state index is 13.0. The van der Waals surface area contributed by atoms with Crippen molar-refractivity contribution >= 4 is 35.0 Å². The molecule has 35 heavy (non-hydrogen) atoms. The molecule has 0 radical (unpaired) electrons. The Labute approximate surface area is 209 Å². The molecule has 4 rings (SSSR count). The van der Waals surface area contributed by atoms with Gasteiger partial charge in [0.1, 0.15) is 5.25 Å². The first-order valence-corrected chi connectivity index (χ1v) is 12.2. The van der Waals surface area contributed by atoms with Crippen LogP contribution in [-0.4, -0.2) is 50.3 Å². The second-order valence-corrected chi connectivity index (χ2v) is 9.37. The number of carbonyl (C=O) groups is 2. The van der Waals surface area contributed by atoms with Crippen LogP contribution in [0.5, 0.6) is 0 Å². The van der Waals surface area contributed by atoms with Crippen LogP contribution in [0.1, 0.15) is 34.5 Å². The number of aliphatic imine (C=N–C) groups is 1. The lowest BCUT2D eigenvalue weighted by molar-refractivity contribution is -0.129. The summed E-state index contributed by atoms with van der Waals surface area (Å²) < 4.78 is 1.93. The Hall–Kier alpha value is -3.72. The van der Waals surface area contributed by atoms with Gasteiger partial charge in [0.2, 0.25) is 5.91 Å². The number of carbonyl (C=O) groups excluding carboxylic acids is 2. The van der Waals surface area contributed by atoms with Crippen molar-refractivity contribution < 1.29 is 9.59 Å². The summed E-state index contributed by atoms with van der Waals surface area (Å²) in [6, 6.07) is 19.8. The average molecular weight is 489 g/mol. The molecule has 2 aromatic carbocycles. The van der Waals surface area contributed by atoms with Gasteiger partial charge in [-0.25, -0.2) is 0 Å². The largest absolute Gasteiger partial charge is 0.352 e. The van der Waals surface area contributed by atoms with Crippen molar-refractivity contribution in [2.24, 2.45) is 10.1 Å². The number of hydrazone groups is 1. The summed E-state index contributed by atoms with van der Waals surface area (Å²) >= 11 is 1.26. The Bertz CT molecular complexity index is 1250. The number of nitrogens with one attached hydrogen (secondary N) is 1. The maximum atomic E-state index is 13.0. The number of aromatic nitrogens is 2. The highest BCUT2D eigenvalue weighted by atomic mass is 32.2. The lowest BCUT2D eigenvalue weighted by atomic mass is 10.2. The summed E-state index contributed by atoms with van der Waals surface area (Å²) in [5, 5.41) is 13.2. The van der Waals surface area contributed by atoms with Crippen molar-refractivity contribution in [1.82, 2.24) is 20.1 Å². The molecule has 1 unspecified atom stereocenters. The van der Waals surface area contributed by atoms with Crippen molar-refractivity contribution in [3.05, 3.63) is 88.7 Å². The number of hydrogen-bond acceptors (Lipinski definition) is 6. The van der Waals surface area contributed by atoms with E-state index in [1.165, 1.54) is 16.8 Å². The standard InChI is InChI=1S/C26H28N6O2S/c1-18-22(19(2)31(30-18)17-21-12-8-5-9-13-21)16-29-32-25(34)23(35-26(32)27-3)14-24(33)28-15-20-10-6-4-7-11-20/h4-13,16,23H,14-15,17H2,1-3H3,(H,28,33)/b27-26?,29-16+. The highest BCUT2D eigenvalue weighted by Crippen LogP contribution is 2.30. The van der Waals surface area contributed by atoms with Crippen molar-refractivity contribution in [3.8, 4) is 0 Å². The molecule has 3 aromatic rings. The number of nitrogens with zero attached hydrogens (tertiary/aromatic N) is 5. The fourth-order valence-electron chi connectivity index (χ4n) is 3.80. The molecule has 1 atom stereocenters. The van der Waals surface area contributed by atoms with E-state index in [9.17, 15) is 9.59 Å². The lowest BCUT2D eigenvalue weighted by Gasteiger charge is -2.10. The number of benzene rings is 2. The van der Waals surface area contributed by atoms with E-state index in [1.807, 2.05) is 67.1 Å². The van der Waals surface area contributed by atoms with Gasteiger partial charge in [0.05, 0.1) is 18.5 Å². The van der Waals surface area contributed by atoms with Gasteiger partial charge >= 0.3 is 0 Å². The van der Waals surface area contributed by atoms with E-state index in [1.54, 1.807) is 13.3 Å². The van der Waals surface area contributed by atoms with Gasteiger partial charge in [-0.15, -0.1) is 0 Å². The van der Waals surface area contributed by atoms with Gasteiger partial charge in [-0.3, -0.25) is 19.3 Å². The van der Waals surface area contributed by atoms with Crippen LogP contribution in [0.2, 0.25) is 0 Å². The topological polar surface area (TPSA) is 91.9 Å². The molecule has 9 heteroatoms. The molecule has 1 fully saturated rings. The second kappa shape index (κ2) is 11.1. The maximum Gasteiger partial charge on any atom is 0.263 e. The fraction of sp³-hybridized carbons (Fsp3) is 0.269. The molecule has 0 spiro atoms. The number of aryl methyl sites for hydroxylation is 1. The molecule has 1 N–H and O–H groups in total. The van der Waals surface area contributed by atoms with Crippen LogP contribution < -0.4 is 5.32 Å². The molecule has 2 amide bonds. The van der Waals surface area contributed by atoms with Crippen LogP contribution in [-0.2, 0) is 22.7 Å². The fourth-order valence-corrected chi connectivity index (χ4v) is 4.83. The first-order valence-electron chi connectivity index (χ1n) is 11.4. The summed E-state index contributed by atoms with van der Waals surface area (Å²) in [5.74, 6) is -0.441. The van der Waals surface area contributed by atoms with Crippen LogP contribution in [0.25, 0.3) is 0 Å². The number of hydrogen-bond donors (Lipinski definition) is 1. The molecule has 2 heterocycles. The van der Waals surface area contributed by atoms with Gasteiger partial charge < -0.3 is 5.32 Å². The number of amides is 2. The summed E-state index contributed by atoms with van der Waals surface area (Å²) in [4.78, 5) is 29.7. The minimum Gasteiger partial charge on any atom is -0.352 e. The zero-order valence-electron chi connectivity index (χ0n) is 20.0. The quantitative estimate of drug-likeness (QED) is 0.491. The predicted molar refractivity (Wildman–Crippen MR) is 139 cm³/mol. The van der Waals surface area contributed by atoms with Crippen molar-refractivity contribution in [2.75, 3.05) is 7.05 Å². The van der Waals surface area contributed by atoms with Crippen LogP contribution in [0, 0.1) is 13.8 Å². The van der Waals surface area contributed by atoms with E-state index in [2.05, 4.69) is 32.6 Å². The monoisotopic (exact) mass is 488 g/mol. The molecule has 1 aliphatic heterocycles. The third-order valence-electron chi connectivity index (χ3n) is 5.72. The zero-order chi connectivity index (χ0) is 24.8. The molecule has 8 nitrogen and oxygen atoms in total. The average Bonchev–Trinajstić information content (AvgIpc) is 3.31. The lowest BCUT2D eigenvalue weighted by Crippen LogP contribution is -2.32. The molecule has 1 aliphatic rings. The molecule has 0 aliphatic carbocycles. The van der Waals surface area contributed by atoms with Crippen LogP contribution in [0.15, 0.2) is 70.8 Å². The molecular formula is C26H28N6O2S. The van der Waals surface area contributed by atoms with Crippen molar-refractivity contribution in [3.63, 3.8) is 0 Å². The molecule has 1 aromatic heterocycles. The number of thioether (sulfide) groups is 1. The van der Waals surface area contributed by atoms with E-state index < -0.39 is 5.25 Å². The SMILES string of the molecule is CN=C1SC(CC(=O)NCc2ccccc2)C(=O)N1/N=C/c1c(C)nn(Cc2ccccc2)c1C. The number of rotatable bonds is 8. The highest BCUT2D eigenvalue weighted by Gasteiger charge is 2.39. The van der Waals surface area contributed by atoms with E-state index in [4.69, 9.17) is 0 Å². The Morgan fingerprint density at radius 2 is 1.74 bits per heavy atom. The highest BCUT2D eigenvalue weighted by molar-refractivity contribution is 8.15. The van der Waals surface area contributed by atoms with Gasteiger partial charge in [-0.1, -0.05) is 72.4 Å². The van der Waals surface area contributed by atoms with Gasteiger partial charge in [0.25, 0.3) is 5.91 Å². The molecule has 0 bridgehead atoms. The van der Waals surface area contributed by atoms with E-state index in [0.717, 1.165) is 28.1 Å². The molecule has 180 valence electrons.